The molecule has 2 aromatic rings. The van der Waals surface area contributed by atoms with E-state index < -0.39 is 17.4 Å². The molecule has 3 heterocycles. The number of carboxylic acids is 1. The van der Waals surface area contributed by atoms with E-state index in [1.54, 1.807) is 22.4 Å². The number of thioether (sulfide) groups is 1. The molecule has 3 rings (SSSR count). The third-order valence-electron chi connectivity index (χ3n) is 3.96. The second-order valence-corrected chi connectivity index (χ2v) is 6.77. The van der Waals surface area contributed by atoms with Gasteiger partial charge in [-0.1, -0.05) is 0 Å². The highest BCUT2D eigenvalue weighted by atomic mass is 32.2. The summed E-state index contributed by atoms with van der Waals surface area (Å²) in [4.78, 5) is 28.3. The number of aliphatic carboxylic acids is 1. The van der Waals surface area contributed by atoms with Gasteiger partial charge in [0.15, 0.2) is 0 Å². The zero-order valence-electron chi connectivity index (χ0n) is 12.2. The molecule has 0 atom stereocenters. The summed E-state index contributed by atoms with van der Waals surface area (Å²) in [5.41, 5.74) is 0.795. The standard InChI is InChI=1S/C15H17N3O3S/c1-10-2-5-18-9-11(16-12(18)8-10)13(19)17-15(14(20)21)3-6-22-7-4-15/h2,5,8-9H,3-4,6-7H2,1H3,(H,17,19)(H,20,21). The summed E-state index contributed by atoms with van der Waals surface area (Å²) in [5, 5.41) is 12.2. The third-order valence-corrected chi connectivity index (χ3v) is 4.94. The zero-order valence-corrected chi connectivity index (χ0v) is 13.0. The number of nitrogens with one attached hydrogen (secondary N) is 1. The molecule has 22 heavy (non-hydrogen) atoms. The van der Waals surface area contributed by atoms with E-state index in [2.05, 4.69) is 10.3 Å². The molecule has 7 heteroatoms. The van der Waals surface area contributed by atoms with Gasteiger partial charge in [0, 0.05) is 12.4 Å². The minimum absolute atomic E-state index is 0.240. The molecule has 1 fully saturated rings. The fourth-order valence-electron chi connectivity index (χ4n) is 2.59. The maximum atomic E-state index is 12.4. The van der Waals surface area contributed by atoms with Crippen LogP contribution in [0, 0.1) is 6.92 Å². The highest BCUT2D eigenvalue weighted by Crippen LogP contribution is 2.27. The van der Waals surface area contributed by atoms with Gasteiger partial charge in [0.1, 0.15) is 16.9 Å². The lowest BCUT2D eigenvalue weighted by Gasteiger charge is -2.33. The van der Waals surface area contributed by atoms with E-state index in [1.807, 2.05) is 25.3 Å². The number of carboxylic acid groups (broad SMARTS) is 1. The summed E-state index contributed by atoms with van der Waals surface area (Å²) in [6.45, 7) is 1.95. The van der Waals surface area contributed by atoms with Crippen LogP contribution >= 0.6 is 11.8 Å². The largest absolute Gasteiger partial charge is 0.480 e. The summed E-state index contributed by atoms with van der Waals surface area (Å²) in [6, 6.07) is 3.80. The van der Waals surface area contributed by atoms with Crippen LogP contribution in [0.25, 0.3) is 5.65 Å². The van der Waals surface area contributed by atoms with Gasteiger partial charge in [-0.05, 0) is 49.0 Å². The predicted octanol–water partition coefficient (Wildman–Crippen LogP) is 1.72. The van der Waals surface area contributed by atoms with E-state index >= 15 is 0 Å². The van der Waals surface area contributed by atoms with Gasteiger partial charge >= 0.3 is 5.97 Å². The molecule has 6 nitrogen and oxygen atoms in total. The van der Waals surface area contributed by atoms with Gasteiger partial charge in [0.2, 0.25) is 0 Å². The Morgan fingerprint density at radius 3 is 2.82 bits per heavy atom. The van der Waals surface area contributed by atoms with Crippen molar-refractivity contribution in [2.24, 2.45) is 0 Å². The Kier molecular flexibility index (Phi) is 3.82. The number of rotatable bonds is 3. The van der Waals surface area contributed by atoms with Crippen molar-refractivity contribution in [2.45, 2.75) is 25.3 Å². The van der Waals surface area contributed by atoms with Gasteiger partial charge in [-0.2, -0.15) is 11.8 Å². The number of hydrogen-bond acceptors (Lipinski definition) is 4. The summed E-state index contributed by atoms with van der Waals surface area (Å²) >= 11 is 1.71. The fraction of sp³-hybridized carbons (Fsp3) is 0.400. The van der Waals surface area contributed by atoms with E-state index in [-0.39, 0.29) is 5.69 Å². The monoisotopic (exact) mass is 319 g/mol. The molecule has 0 bridgehead atoms. The molecular weight excluding hydrogens is 302 g/mol. The number of pyridine rings is 1. The number of aryl methyl sites for hydroxylation is 1. The van der Waals surface area contributed by atoms with Gasteiger partial charge in [-0.3, -0.25) is 4.79 Å². The van der Waals surface area contributed by atoms with Crippen molar-refractivity contribution >= 4 is 29.3 Å². The molecular formula is C15H17N3O3S. The average molecular weight is 319 g/mol. The number of imidazole rings is 1. The summed E-state index contributed by atoms with van der Waals surface area (Å²) < 4.78 is 1.76. The van der Waals surface area contributed by atoms with Crippen LogP contribution in [0.15, 0.2) is 24.5 Å². The molecule has 1 amide bonds. The summed E-state index contributed by atoms with van der Waals surface area (Å²) in [7, 11) is 0. The predicted molar refractivity (Wildman–Crippen MR) is 84.3 cm³/mol. The Balaban J connectivity index is 1.86. The lowest BCUT2D eigenvalue weighted by atomic mass is 9.92. The molecule has 0 saturated carbocycles. The number of nitrogens with zero attached hydrogens (tertiary/aromatic N) is 2. The molecule has 0 spiro atoms. The van der Waals surface area contributed by atoms with E-state index in [1.165, 1.54) is 0 Å². The van der Waals surface area contributed by atoms with Crippen molar-refractivity contribution in [1.29, 1.82) is 0 Å². The van der Waals surface area contributed by atoms with Crippen LogP contribution in [0.1, 0.15) is 28.9 Å². The second-order valence-electron chi connectivity index (χ2n) is 5.55. The van der Waals surface area contributed by atoms with Crippen LogP contribution in [0.2, 0.25) is 0 Å². The van der Waals surface area contributed by atoms with Crippen molar-refractivity contribution in [1.82, 2.24) is 14.7 Å². The van der Waals surface area contributed by atoms with Crippen LogP contribution in [-0.4, -0.2) is 43.4 Å². The average Bonchev–Trinajstić information content (AvgIpc) is 2.91. The van der Waals surface area contributed by atoms with Crippen LogP contribution in [-0.2, 0) is 4.79 Å². The van der Waals surface area contributed by atoms with E-state index in [0.717, 1.165) is 17.1 Å². The van der Waals surface area contributed by atoms with Crippen LogP contribution in [0.5, 0.6) is 0 Å². The second kappa shape index (κ2) is 5.64. The maximum Gasteiger partial charge on any atom is 0.329 e. The van der Waals surface area contributed by atoms with E-state index in [4.69, 9.17) is 0 Å². The van der Waals surface area contributed by atoms with Crippen molar-refractivity contribution in [3.8, 4) is 0 Å². The quantitative estimate of drug-likeness (QED) is 0.900. The summed E-state index contributed by atoms with van der Waals surface area (Å²) in [5.74, 6) is 0.0601. The van der Waals surface area contributed by atoms with E-state index in [9.17, 15) is 14.7 Å². The fourth-order valence-corrected chi connectivity index (χ4v) is 3.78. The van der Waals surface area contributed by atoms with Crippen LogP contribution in [0.4, 0.5) is 0 Å². The molecule has 0 aliphatic carbocycles. The van der Waals surface area contributed by atoms with Gasteiger partial charge in [0.25, 0.3) is 5.91 Å². The minimum Gasteiger partial charge on any atom is -0.480 e. The highest BCUT2D eigenvalue weighted by molar-refractivity contribution is 7.99. The number of carbonyl (C=O) groups is 2. The van der Waals surface area contributed by atoms with Gasteiger partial charge in [0.05, 0.1) is 0 Å². The summed E-state index contributed by atoms with van der Waals surface area (Å²) in [6.07, 6.45) is 4.33. The Labute approximate surface area is 131 Å². The highest BCUT2D eigenvalue weighted by Gasteiger charge is 2.41. The van der Waals surface area contributed by atoms with Crippen LogP contribution in [0.3, 0.4) is 0 Å². The molecule has 2 aromatic heterocycles. The number of hydrogen-bond donors (Lipinski definition) is 2. The molecule has 0 unspecified atom stereocenters. The molecule has 116 valence electrons. The molecule has 1 saturated heterocycles. The molecule has 2 N–H and O–H groups in total. The number of amides is 1. The first-order chi connectivity index (χ1) is 10.5. The Bertz CT molecular complexity index is 735. The van der Waals surface area contributed by atoms with Gasteiger partial charge in [-0.25, -0.2) is 9.78 Å². The molecule has 0 radical (unpaired) electrons. The minimum atomic E-state index is -1.17. The SMILES string of the molecule is Cc1ccn2cc(C(=O)NC3(C(=O)O)CCSCC3)nc2c1. The Hall–Kier alpha value is -2.02. The first-order valence-corrected chi connectivity index (χ1v) is 8.25. The van der Waals surface area contributed by atoms with E-state index in [0.29, 0.717) is 18.5 Å². The van der Waals surface area contributed by atoms with Crippen molar-refractivity contribution < 1.29 is 14.7 Å². The first kappa shape index (κ1) is 14.9. The third kappa shape index (κ3) is 2.68. The van der Waals surface area contributed by atoms with Crippen LogP contribution < -0.4 is 5.32 Å². The topological polar surface area (TPSA) is 83.7 Å². The Morgan fingerprint density at radius 1 is 1.41 bits per heavy atom. The van der Waals surface area contributed by atoms with Crippen molar-refractivity contribution in [3.63, 3.8) is 0 Å². The molecule has 1 aliphatic rings. The lowest BCUT2D eigenvalue weighted by molar-refractivity contribution is -0.144. The lowest BCUT2D eigenvalue weighted by Crippen LogP contribution is -2.56. The van der Waals surface area contributed by atoms with Crippen molar-refractivity contribution in [3.05, 3.63) is 35.8 Å². The molecule has 0 aromatic carbocycles. The van der Waals surface area contributed by atoms with Gasteiger partial charge < -0.3 is 14.8 Å². The van der Waals surface area contributed by atoms with Crippen molar-refractivity contribution in [2.75, 3.05) is 11.5 Å². The molecule has 1 aliphatic heterocycles. The number of fused-ring (bicyclic) bond motifs is 1. The normalized spacial score (nSPS) is 17.3. The van der Waals surface area contributed by atoms with Gasteiger partial charge in [-0.15, -0.1) is 0 Å². The first-order valence-electron chi connectivity index (χ1n) is 7.09. The number of aromatic nitrogens is 2. The zero-order chi connectivity index (χ0) is 15.7. The number of carbonyl (C=O) groups excluding carboxylic acids is 1. The Morgan fingerprint density at radius 2 is 2.14 bits per heavy atom. The maximum absolute atomic E-state index is 12.4. The smallest absolute Gasteiger partial charge is 0.329 e.